The van der Waals surface area contributed by atoms with E-state index in [-0.39, 0.29) is 5.91 Å². The van der Waals surface area contributed by atoms with Gasteiger partial charge in [-0.1, -0.05) is 15.9 Å². The lowest BCUT2D eigenvalue weighted by molar-refractivity contribution is -0.129. The SMILES string of the molecule is CN(C)C1CCN(C(=O)CCBr)C1. The molecule has 1 aliphatic heterocycles. The molecular formula is C9H17BrN2O. The van der Waals surface area contributed by atoms with Crippen LogP contribution >= 0.6 is 15.9 Å². The number of likely N-dealkylation sites (tertiary alicyclic amines) is 1. The number of halogens is 1. The molecule has 4 heteroatoms. The van der Waals surface area contributed by atoms with Gasteiger partial charge in [0.15, 0.2) is 0 Å². The first-order valence-corrected chi connectivity index (χ1v) is 5.77. The molecule has 13 heavy (non-hydrogen) atoms. The molecule has 1 heterocycles. The fourth-order valence-corrected chi connectivity index (χ4v) is 1.97. The number of amides is 1. The fourth-order valence-electron chi connectivity index (χ4n) is 1.63. The molecular weight excluding hydrogens is 232 g/mol. The summed E-state index contributed by atoms with van der Waals surface area (Å²) < 4.78 is 0. The van der Waals surface area contributed by atoms with Crippen molar-refractivity contribution in [3.05, 3.63) is 0 Å². The van der Waals surface area contributed by atoms with E-state index < -0.39 is 0 Å². The standard InChI is InChI=1S/C9H17BrN2O/c1-11(2)8-4-6-12(7-8)9(13)3-5-10/h8H,3-7H2,1-2H3. The molecule has 76 valence electrons. The Kier molecular flexibility index (Phi) is 4.19. The second-order valence-corrected chi connectivity index (χ2v) is 4.48. The molecule has 0 bridgehead atoms. The monoisotopic (exact) mass is 248 g/mol. The van der Waals surface area contributed by atoms with Crippen LogP contribution in [0.15, 0.2) is 0 Å². The third-order valence-corrected chi connectivity index (χ3v) is 2.95. The molecule has 0 spiro atoms. The van der Waals surface area contributed by atoms with Gasteiger partial charge in [0.1, 0.15) is 0 Å². The van der Waals surface area contributed by atoms with Crippen molar-refractivity contribution >= 4 is 21.8 Å². The summed E-state index contributed by atoms with van der Waals surface area (Å²) in [6.45, 7) is 1.83. The van der Waals surface area contributed by atoms with Crippen molar-refractivity contribution in [2.75, 3.05) is 32.5 Å². The van der Waals surface area contributed by atoms with Crippen LogP contribution in [0.5, 0.6) is 0 Å². The Morgan fingerprint density at radius 1 is 1.62 bits per heavy atom. The van der Waals surface area contributed by atoms with Gasteiger partial charge in [-0.3, -0.25) is 4.79 Å². The van der Waals surface area contributed by atoms with E-state index in [4.69, 9.17) is 0 Å². The molecule has 0 saturated carbocycles. The smallest absolute Gasteiger partial charge is 0.223 e. The summed E-state index contributed by atoms with van der Waals surface area (Å²) in [6, 6.07) is 0.555. The Hall–Kier alpha value is -0.0900. The maximum atomic E-state index is 11.5. The minimum Gasteiger partial charge on any atom is -0.341 e. The highest BCUT2D eigenvalue weighted by molar-refractivity contribution is 9.09. The molecule has 0 aliphatic carbocycles. The minimum absolute atomic E-state index is 0.279. The Morgan fingerprint density at radius 3 is 2.77 bits per heavy atom. The molecule has 1 rings (SSSR count). The Bertz CT molecular complexity index is 184. The first kappa shape index (κ1) is 11.0. The number of carbonyl (C=O) groups is 1. The maximum Gasteiger partial charge on any atom is 0.223 e. The number of rotatable bonds is 3. The van der Waals surface area contributed by atoms with Gasteiger partial charge in [-0.05, 0) is 20.5 Å². The van der Waals surface area contributed by atoms with E-state index in [0.29, 0.717) is 12.5 Å². The zero-order valence-corrected chi connectivity index (χ0v) is 9.88. The van der Waals surface area contributed by atoms with Crippen LogP contribution in [0.25, 0.3) is 0 Å². The van der Waals surface area contributed by atoms with Crippen molar-refractivity contribution in [1.82, 2.24) is 9.80 Å². The van der Waals surface area contributed by atoms with Crippen LogP contribution in [0.4, 0.5) is 0 Å². The van der Waals surface area contributed by atoms with Crippen molar-refractivity contribution in [3.8, 4) is 0 Å². The van der Waals surface area contributed by atoms with Gasteiger partial charge in [0, 0.05) is 30.9 Å². The summed E-state index contributed by atoms with van der Waals surface area (Å²) in [5, 5.41) is 0.773. The molecule has 1 aliphatic rings. The topological polar surface area (TPSA) is 23.6 Å². The van der Waals surface area contributed by atoms with E-state index in [1.807, 2.05) is 4.90 Å². The van der Waals surface area contributed by atoms with Crippen LogP contribution < -0.4 is 0 Å². The van der Waals surface area contributed by atoms with Crippen LogP contribution in [0, 0.1) is 0 Å². The van der Waals surface area contributed by atoms with Crippen molar-refractivity contribution in [2.45, 2.75) is 18.9 Å². The van der Waals surface area contributed by atoms with Crippen molar-refractivity contribution in [2.24, 2.45) is 0 Å². The lowest BCUT2D eigenvalue weighted by atomic mass is 10.2. The number of hydrogen-bond donors (Lipinski definition) is 0. The Labute approximate surface area is 88.2 Å². The zero-order valence-electron chi connectivity index (χ0n) is 8.29. The first-order valence-electron chi connectivity index (χ1n) is 4.65. The number of likely N-dealkylation sites (N-methyl/N-ethyl adjacent to an activating group) is 1. The molecule has 1 unspecified atom stereocenters. The number of nitrogens with zero attached hydrogens (tertiary/aromatic N) is 2. The third kappa shape index (κ3) is 2.95. The number of alkyl halides is 1. The van der Waals surface area contributed by atoms with Gasteiger partial charge in [0.05, 0.1) is 0 Å². The van der Waals surface area contributed by atoms with E-state index in [1.54, 1.807) is 0 Å². The largest absolute Gasteiger partial charge is 0.341 e. The van der Waals surface area contributed by atoms with Gasteiger partial charge in [-0.2, -0.15) is 0 Å². The van der Waals surface area contributed by atoms with Gasteiger partial charge in [0.2, 0.25) is 5.91 Å². The van der Waals surface area contributed by atoms with Gasteiger partial charge < -0.3 is 9.80 Å². The van der Waals surface area contributed by atoms with E-state index in [2.05, 4.69) is 34.9 Å². The predicted molar refractivity (Wildman–Crippen MR) is 57.1 cm³/mol. The summed E-state index contributed by atoms with van der Waals surface area (Å²) in [6.07, 6.45) is 1.74. The van der Waals surface area contributed by atoms with Crippen LogP contribution in [0.3, 0.4) is 0 Å². The fraction of sp³-hybridized carbons (Fsp3) is 0.889. The average Bonchev–Trinajstić information content (AvgIpc) is 2.52. The summed E-state index contributed by atoms with van der Waals surface area (Å²) >= 11 is 3.28. The van der Waals surface area contributed by atoms with Crippen LogP contribution in [0.2, 0.25) is 0 Å². The number of carbonyl (C=O) groups excluding carboxylic acids is 1. The van der Waals surface area contributed by atoms with Gasteiger partial charge in [0.25, 0.3) is 0 Å². The molecule has 1 fully saturated rings. The lowest BCUT2D eigenvalue weighted by Crippen LogP contribution is -2.34. The summed E-state index contributed by atoms with van der Waals surface area (Å²) in [5.41, 5.74) is 0. The molecule has 1 atom stereocenters. The zero-order chi connectivity index (χ0) is 9.84. The molecule has 0 aromatic carbocycles. The highest BCUT2D eigenvalue weighted by Crippen LogP contribution is 2.14. The van der Waals surface area contributed by atoms with E-state index in [1.165, 1.54) is 0 Å². The first-order chi connectivity index (χ1) is 6.15. The van der Waals surface area contributed by atoms with E-state index >= 15 is 0 Å². The molecule has 1 amide bonds. The molecule has 0 radical (unpaired) electrons. The predicted octanol–water partition coefficient (Wildman–Crippen LogP) is 0.934. The summed E-state index contributed by atoms with van der Waals surface area (Å²) in [7, 11) is 4.15. The Balaban J connectivity index is 2.36. The number of hydrogen-bond acceptors (Lipinski definition) is 2. The second-order valence-electron chi connectivity index (χ2n) is 3.68. The molecule has 1 saturated heterocycles. The normalized spacial score (nSPS) is 22.8. The maximum absolute atomic E-state index is 11.5. The van der Waals surface area contributed by atoms with Gasteiger partial charge >= 0.3 is 0 Å². The van der Waals surface area contributed by atoms with Gasteiger partial charge in [-0.25, -0.2) is 0 Å². The van der Waals surface area contributed by atoms with Crippen molar-refractivity contribution in [3.63, 3.8) is 0 Å². The highest BCUT2D eigenvalue weighted by Gasteiger charge is 2.26. The molecule has 0 aromatic heterocycles. The molecule has 0 aromatic rings. The van der Waals surface area contributed by atoms with Crippen LogP contribution in [-0.4, -0.2) is 54.3 Å². The van der Waals surface area contributed by atoms with Crippen LogP contribution in [0.1, 0.15) is 12.8 Å². The average molecular weight is 249 g/mol. The van der Waals surface area contributed by atoms with E-state index in [0.717, 1.165) is 24.8 Å². The highest BCUT2D eigenvalue weighted by atomic mass is 79.9. The van der Waals surface area contributed by atoms with E-state index in [9.17, 15) is 4.79 Å². The summed E-state index contributed by atoms with van der Waals surface area (Å²) in [4.78, 5) is 15.7. The van der Waals surface area contributed by atoms with Gasteiger partial charge in [-0.15, -0.1) is 0 Å². The third-order valence-electron chi connectivity index (χ3n) is 2.55. The van der Waals surface area contributed by atoms with Crippen molar-refractivity contribution < 1.29 is 4.79 Å². The summed E-state index contributed by atoms with van der Waals surface area (Å²) in [5.74, 6) is 0.279. The molecule has 0 N–H and O–H groups in total. The lowest BCUT2D eigenvalue weighted by Gasteiger charge is -2.20. The molecule has 3 nitrogen and oxygen atoms in total. The Morgan fingerprint density at radius 2 is 2.31 bits per heavy atom. The minimum atomic E-state index is 0.279. The second kappa shape index (κ2) is 4.96. The quantitative estimate of drug-likeness (QED) is 0.695. The van der Waals surface area contributed by atoms with Crippen LogP contribution in [-0.2, 0) is 4.79 Å². The van der Waals surface area contributed by atoms with Crippen molar-refractivity contribution in [1.29, 1.82) is 0 Å².